The van der Waals surface area contributed by atoms with Gasteiger partial charge < -0.3 is 11.1 Å². The molecular weight excluding hydrogens is 385 g/mol. The maximum Gasteiger partial charge on any atom is 0.272 e. The lowest BCUT2D eigenvalue weighted by atomic mass is 9.74. The zero-order valence-electron chi connectivity index (χ0n) is 15.8. The standard InChI is InChI=1S/C19H21F3N6O/c1-24-17(25-8-23)14-15(9-2-4-19(21,22)5-3-9)26-12-7-10(20)6-11-13(12)16(14)27-28-18(11)29/h6-9,14-15,26H,2-5H2,1H3,(H,28,29)(H2,23,24,25)/t14-,15-/m1/s1. The molecule has 0 amide bonds. The van der Waals surface area contributed by atoms with Crippen molar-refractivity contribution in [2.24, 2.45) is 21.6 Å². The van der Waals surface area contributed by atoms with Crippen LogP contribution in [0.2, 0.25) is 0 Å². The van der Waals surface area contributed by atoms with E-state index in [-0.39, 0.29) is 24.1 Å². The second kappa shape index (κ2) is 7.16. The van der Waals surface area contributed by atoms with Crippen molar-refractivity contribution in [3.63, 3.8) is 0 Å². The quantitative estimate of drug-likeness (QED) is 0.526. The van der Waals surface area contributed by atoms with Gasteiger partial charge >= 0.3 is 0 Å². The van der Waals surface area contributed by atoms with Crippen LogP contribution in [-0.2, 0) is 0 Å². The molecule has 1 fully saturated rings. The molecule has 0 bridgehead atoms. The molecule has 2 heterocycles. The molecule has 2 aliphatic rings. The SMILES string of the molecule is CN=C(N=CN)[C@H]1c2n[nH]c(=O)c3cc(F)cc(c23)N[C@@H]1C1CCC(F)(F)CC1. The smallest absolute Gasteiger partial charge is 0.272 e. The van der Waals surface area contributed by atoms with E-state index in [0.717, 1.165) is 12.4 Å². The summed E-state index contributed by atoms with van der Waals surface area (Å²) in [4.78, 5) is 20.6. The number of anilines is 1. The highest BCUT2D eigenvalue weighted by Crippen LogP contribution is 2.45. The van der Waals surface area contributed by atoms with Crippen LogP contribution in [0.5, 0.6) is 0 Å². The Morgan fingerprint density at radius 2 is 2.07 bits per heavy atom. The molecule has 1 aromatic heterocycles. The van der Waals surface area contributed by atoms with E-state index in [1.54, 1.807) is 7.05 Å². The third kappa shape index (κ3) is 3.36. The summed E-state index contributed by atoms with van der Waals surface area (Å²) in [7, 11) is 1.55. The molecule has 0 unspecified atom stereocenters. The van der Waals surface area contributed by atoms with Crippen LogP contribution in [0.15, 0.2) is 26.9 Å². The van der Waals surface area contributed by atoms with Gasteiger partial charge in [0.1, 0.15) is 11.7 Å². The predicted octanol–water partition coefficient (Wildman–Crippen LogP) is 2.78. The maximum absolute atomic E-state index is 14.2. The molecule has 4 N–H and O–H groups in total. The Labute approximate surface area is 164 Å². The van der Waals surface area contributed by atoms with Gasteiger partial charge in [0.05, 0.1) is 23.3 Å². The molecule has 1 aliphatic heterocycles. The Hall–Kier alpha value is -2.91. The molecule has 0 radical (unpaired) electrons. The van der Waals surface area contributed by atoms with Gasteiger partial charge in [-0.2, -0.15) is 5.10 Å². The lowest BCUT2D eigenvalue weighted by molar-refractivity contribution is -0.0478. The number of rotatable bonds is 2. The molecular formula is C19H21F3N6O. The number of nitrogens with two attached hydrogens (primary N) is 1. The fraction of sp³-hybridized carbons (Fsp3) is 0.474. The zero-order valence-corrected chi connectivity index (χ0v) is 15.8. The molecule has 4 rings (SSSR count). The van der Waals surface area contributed by atoms with E-state index in [1.165, 1.54) is 6.07 Å². The number of aromatic nitrogens is 2. The predicted molar refractivity (Wildman–Crippen MR) is 105 cm³/mol. The summed E-state index contributed by atoms with van der Waals surface area (Å²) in [5, 5.41) is 10.6. The Morgan fingerprint density at radius 3 is 2.72 bits per heavy atom. The van der Waals surface area contributed by atoms with Gasteiger partial charge in [-0.05, 0) is 30.9 Å². The second-order valence-electron chi connectivity index (χ2n) is 7.52. The first kappa shape index (κ1) is 19.4. The minimum atomic E-state index is -2.68. The van der Waals surface area contributed by atoms with Gasteiger partial charge in [-0.15, -0.1) is 0 Å². The number of aliphatic imine (C=N–C) groups is 2. The van der Waals surface area contributed by atoms with Crippen LogP contribution in [0.1, 0.15) is 37.3 Å². The number of H-pyrrole nitrogens is 1. The molecule has 0 saturated heterocycles. The summed E-state index contributed by atoms with van der Waals surface area (Å²) in [6.45, 7) is 0. The number of nitrogens with zero attached hydrogens (tertiary/aromatic N) is 3. The lowest BCUT2D eigenvalue weighted by Gasteiger charge is -2.41. The molecule has 7 nitrogen and oxygen atoms in total. The van der Waals surface area contributed by atoms with Crippen LogP contribution in [-0.4, -0.2) is 41.4 Å². The van der Waals surface area contributed by atoms with Crippen molar-refractivity contribution in [1.82, 2.24) is 10.2 Å². The summed E-state index contributed by atoms with van der Waals surface area (Å²) in [6, 6.07) is 2.05. The molecule has 1 saturated carbocycles. The minimum Gasteiger partial charge on any atom is -0.390 e. The van der Waals surface area contributed by atoms with Gasteiger partial charge in [-0.1, -0.05) is 0 Å². The summed E-state index contributed by atoms with van der Waals surface area (Å²) in [5.41, 5.74) is 5.86. The highest BCUT2D eigenvalue weighted by atomic mass is 19.3. The first-order valence-corrected chi connectivity index (χ1v) is 9.42. The average molecular weight is 406 g/mol. The van der Waals surface area contributed by atoms with Crippen LogP contribution >= 0.6 is 0 Å². The van der Waals surface area contributed by atoms with E-state index in [4.69, 9.17) is 5.73 Å². The topological polar surface area (TPSA) is 109 Å². The molecule has 2 atom stereocenters. The van der Waals surface area contributed by atoms with Gasteiger partial charge in [-0.25, -0.2) is 23.3 Å². The van der Waals surface area contributed by atoms with E-state index < -0.39 is 29.3 Å². The molecule has 1 aliphatic carbocycles. The molecule has 0 spiro atoms. The van der Waals surface area contributed by atoms with Gasteiger partial charge in [0, 0.05) is 37.0 Å². The van der Waals surface area contributed by atoms with Crippen LogP contribution < -0.4 is 16.6 Å². The number of nitrogens with one attached hydrogen (secondary N) is 2. The van der Waals surface area contributed by atoms with Crippen LogP contribution in [0.25, 0.3) is 10.8 Å². The number of benzene rings is 1. The number of aromatic amines is 1. The van der Waals surface area contributed by atoms with Crippen LogP contribution in [0.3, 0.4) is 0 Å². The van der Waals surface area contributed by atoms with E-state index in [0.29, 0.717) is 35.4 Å². The normalized spacial score (nSPS) is 24.8. The Balaban J connectivity index is 1.88. The summed E-state index contributed by atoms with van der Waals surface area (Å²) in [5.74, 6) is -3.55. The fourth-order valence-electron chi connectivity index (χ4n) is 4.51. The maximum atomic E-state index is 14.2. The minimum absolute atomic E-state index is 0.135. The van der Waals surface area contributed by atoms with E-state index in [1.807, 2.05) is 0 Å². The van der Waals surface area contributed by atoms with Crippen molar-refractivity contribution in [1.29, 1.82) is 0 Å². The lowest BCUT2D eigenvalue weighted by Crippen LogP contribution is -2.44. The second-order valence-corrected chi connectivity index (χ2v) is 7.52. The molecule has 29 heavy (non-hydrogen) atoms. The Kier molecular flexibility index (Phi) is 4.79. The van der Waals surface area contributed by atoms with Crippen molar-refractivity contribution in [2.75, 3.05) is 12.4 Å². The van der Waals surface area contributed by atoms with Gasteiger partial charge in [0.2, 0.25) is 5.92 Å². The number of amidine groups is 1. The van der Waals surface area contributed by atoms with Crippen molar-refractivity contribution in [3.8, 4) is 0 Å². The zero-order chi connectivity index (χ0) is 20.8. The highest BCUT2D eigenvalue weighted by molar-refractivity contribution is 6.04. The molecule has 154 valence electrons. The first-order valence-electron chi connectivity index (χ1n) is 9.42. The molecule has 2 aromatic rings. The van der Waals surface area contributed by atoms with E-state index >= 15 is 0 Å². The van der Waals surface area contributed by atoms with Gasteiger partial charge in [0.25, 0.3) is 5.56 Å². The Bertz CT molecular complexity index is 1050. The number of hydrogen-bond acceptors (Lipinski definition) is 4. The Morgan fingerprint density at radius 1 is 1.34 bits per heavy atom. The summed E-state index contributed by atoms with van der Waals surface area (Å²) < 4.78 is 41.6. The fourth-order valence-corrected chi connectivity index (χ4v) is 4.51. The van der Waals surface area contributed by atoms with Crippen LogP contribution in [0.4, 0.5) is 18.9 Å². The van der Waals surface area contributed by atoms with Crippen molar-refractivity contribution < 1.29 is 13.2 Å². The molecule has 1 aromatic carbocycles. The van der Waals surface area contributed by atoms with E-state index in [9.17, 15) is 18.0 Å². The largest absolute Gasteiger partial charge is 0.390 e. The number of alkyl halides is 2. The van der Waals surface area contributed by atoms with Gasteiger partial charge in [0.15, 0.2) is 0 Å². The molecule has 10 heteroatoms. The average Bonchev–Trinajstić information content (AvgIpc) is 2.68. The third-order valence-electron chi connectivity index (χ3n) is 5.84. The van der Waals surface area contributed by atoms with Crippen molar-refractivity contribution >= 4 is 28.6 Å². The van der Waals surface area contributed by atoms with Crippen molar-refractivity contribution in [3.05, 3.63) is 34.0 Å². The van der Waals surface area contributed by atoms with Gasteiger partial charge in [-0.3, -0.25) is 9.79 Å². The summed E-state index contributed by atoms with van der Waals surface area (Å²) >= 11 is 0. The van der Waals surface area contributed by atoms with Crippen LogP contribution in [0, 0.1) is 11.7 Å². The first-order chi connectivity index (χ1) is 13.8. The van der Waals surface area contributed by atoms with Crippen molar-refractivity contribution in [2.45, 2.75) is 43.6 Å². The summed E-state index contributed by atoms with van der Waals surface area (Å²) in [6.07, 6.45) is 1.26. The van der Waals surface area contributed by atoms with E-state index in [2.05, 4.69) is 25.5 Å². The third-order valence-corrected chi connectivity index (χ3v) is 5.84. The monoisotopic (exact) mass is 406 g/mol. The number of halogens is 3. The number of hydrogen-bond donors (Lipinski definition) is 3. The highest BCUT2D eigenvalue weighted by Gasteiger charge is 2.44.